The van der Waals surface area contributed by atoms with Crippen molar-refractivity contribution in [1.82, 2.24) is 0 Å². The quantitative estimate of drug-likeness (QED) is 0.113. The third-order valence-electron chi connectivity index (χ3n) is 9.57. The summed E-state index contributed by atoms with van der Waals surface area (Å²) < 4.78 is 221. The second kappa shape index (κ2) is 15.1. The molecule has 5 aromatic rings. The van der Waals surface area contributed by atoms with Crippen LogP contribution in [0.15, 0.2) is 90.5 Å². The SMILES string of the molecule is C/C(=c1/ccc2c(-c3ccc(CF)cc3C(F)(F)F)cc(-c3ccc(C(F)(F)F)cc3C(F)(F)F)c3ccc(C)c1c23)C(C)/C=C\C(=C/CC(F)(F)F)C(F)(F)F. The largest absolute Gasteiger partial charge is 0.417 e. The molecule has 5 rings (SSSR count). The number of rotatable bonds is 7. The molecule has 0 aliphatic carbocycles. The lowest BCUT2D eigenvalue weighted by Gasteiger charge is -2.23. The summed E-state index contributed by atoms with van der Waals surface area (Å²) in [5, 5.41) is 0.503. The van der Waals surface area contributed by atoms with Gasteiger partial charge in [-0.15, -0.1) is 0 Å². The summed E-state index contributed by atoms with van der Waals surface area (Å²) >= 11 is 0. The van der Waals surface area contributed by atoms with Crippen molar-refractivity contribution in [2.24, 2.45) is 5.92 Å². The first-order chi connectivity index (χ1) is 26.1. The van der Waals surface area contributed by atoms with E-state index in [0.29, 0.717) is 35.4 Å². The molecule has 0 amide bonds. The number of hydrogen-bond donors (Lipinski definition) is 0. The fraction of sp³-hybridized carbons (Fsp3) is 0.268. The Kier molecular flexibility index (Phi) is 11.4. The van der Waals surface area contributed by atoms with E-state index < -0.39 is 88.8 Å². The molecule has 0 spiro atoms. The van der Waals surface area contributed by atoms with Gasteiger partial charge in [0.2, 0.25) is 0 Å². The summed E-state index contributed by atoms with van der Waals surface area (Å²) in [6.07, 6.45) is -26.3. The van der Waals surface area contributed by atoms with Crippen LogP contribution in [0.4, 0.5) is 70.2 Å². The van der Waals surface area contributed by atoms with E-state index in [1.54, 1.807) is 0 Å². The van der Waals surface area contributed by atoms with Crippen molar-refractivity contribution < 1.29 is 70.2 Å². The highest BCUT2D eigenvalue weighted by Crippen LogP contribution is 2.48. The maximum atomic E-state index is 14.6. The van der Waals surface area contributed by atoms with Crippen LogP contribution in [0.1, 0.15) is 48.1 Å². The predicted molar refractivity (Wildman–Crippen MR) is 184 cm³/mol. The van der Waals surface area contributed by atoms with E-state index >= 15 is 0 Å². The Bertz CT molecular complexity index is 2430. The molecule has 0 N–H and O–H groups in total. The summed E-state index contributed by atoms with van der Waals surface area (Å²) in [7, 11) is 0. The average Bonchev–Trinajstić information content (AvgIpc) is 3.09. The van der Waals surface area contributed by atoms with Crippen molar-refractivity contribution in [3.05, 3.63) is 124 Å². The van der Waals surface area contributed by atoms with Crippen molar-refractivity contribution in [1.29, 1.82) is 0 Å². The second-order valence-electron chi connectivity index (χ2n) is 13.4. The first-order valence-corrected chi connectivity index (χ1v) is 16.7. The smallest absolute Gasteiger partial charge is 0.246 e. The second-order valence-corrected chi connectivity index (χ2v) is 13.4. The van der Waals surface area contributed by atoms with Gasteiger partial charge in [0, 0.05) is 0 Å². The van der Waals surface area contributed by atoms with Crippen LogP contribution in [0.3, 0.4) is 0 Å². The van der Waals surface area contributed by atoms with Crippen LogP contribution in [0.2, 0.25) is 0 Å². The minimum Gasteiger partial charge on any atom is -0.246 e. The molecular weight excluding hydrogens is 796 g/mol. The monoisotopic (exact) mass is 824 g/mol. The average molecular weight is 825 g/mol. The highest BCUT2D eigenvalue weighted by molar-refractivity contribution is 6.21. The Balaban J connectivity index is 1.93. The Hall–Kier alpha value is -5.02. The Morgan fingerprint density at radius 2 is 1.16 bits per heavy atom. The summed E-state index contributed by atoms with van der Waals surface area (Å²) in [6.45, 7) is 3.11. The molecule has 57 heavy (non-hydrogen) atoms. The summed E-state index contributed by atoms with van der Waals surface area (Å²) in [6, 6.07) is 9.82. The van der Waals surface area contributed by atoms with Crippen LogP contribution in [0, 0.1) is 12.8 Å². The first kappa shape index (κ1) is 43.1. The van der Waals surface area contributed by atoms with Crippen molar-refractivity contribution in [2.45, 2.75) is 64.7 Å². The maximum Gasteiger partial charge on any atom is 0.417 e. The van der Waals surface area contributed by atoms with E-state index in [1.807, 2.05) is 0 Å². The molecule has 0 bridgehead atoms. The molecule has 1 atom stereocenters. The topological polar surface area (TPSA) is 0 Å². The summed E-state index contributed by atoms with van der Waals surface area (Å²) in [5.74, 6) is -0.947. The fourth-order valence-electron chi connectivity index (χ4n) is 6.67. The first-order valence-electron chi connectivity index (χ1n) is 16.7. The van der Waals surface area contributed by atoms with Crippen LogP contribution in [-0.4, -0.2) is 12.4 Å². The third kappa shape index (κ3) is 9.09. The van der Waals surface area contributed by atoms with E-state index in [2.05, 4.69) is 0 Å². The zero-order valence-electron chi connectivity index (χ0n) is 29.6. The van der Waals surface area contributed by atoms with Crippen LogP contribution in [-0.2, 0) is 25.2 Å². The molecule has 0 radical (unpaired) electrons. The Morgan fingerprint density at radius 3 is 1.67 bits per heavy atom. The van der Waals surface area contributed by atoms with E-state index in [9.17, 15) is 70.2 Å². The predicted octanol–water partition coefficient (Wildman–Crippen LogP) is 14.7. The zero-order chi connectivity index (χ0) is 42.6. The van der Waals surface area contributed by atoms with Crippen LogP contribution < -0.4 is 5.22 Å². The normalized spacial score (nSPS) is 15.0. The number of benzene rings is 5. The molecule has 1 unspecified atom stereocenters. The van der Waals surface area contributed by atoms with E-state index in [4.69, 9.17) is 0 Å². The highest BCUT2D eigenvalue weighted by atomic mass is 19.4. The number of hydrogen-bond acceptors (Lipinski definition) is 0. The maximum absolute atomic E-state index is 14.6. The van der Waals surface area contributed by atoms with Gasteiger partial charge in [-0.1, -0.05) is 73.2 Å². The fourth-order valence-corrected chi connectivity index (χ4v) is 6.67. The Labute approximate surface area is 313 Å². The van der Waals surface area contributed by atoms with Gasteiger partial charge in [0.1, 0.15) is 6.67 Å². The molecule has 0 saturated carbocycles. The highest BCUT2D eigenvalue weighted by Gasteiger charge is 2.40. The molecule has 0 aliphatic rings. The van der Waals surface area contributed by atoms with E-state index in [-0.39, 0.29) is 50.0 Å². The number of alkyl halides is 16. The molecule has 0 fully saturated rings. The molecule has 0 aromatic heterocycles. The van der Waals surface area contributed by atoms with Crippen molar-refractivity contribution in [3.8, 4) is 22.3 Å². The van der Waals surface area contributed by atoms with Gasteiger partial charge < -0.3 is 0 Å². The molecule has 0 saturated heterocycles. The van der Waals surface area contributed by atoms with Gasteiger partial charge in [0.15, 0.2) is 0 Å². The number of halogens is 16. The zero-order valence-corrected chi connectivity index (χ0v) is 29.6. The van der Waals surface area contributed by atoms with Crippen LogP contribution in [0.25, 0.3) is 49.4 Å². The standard InChI is InChI=1S/C41H28F16/c1-20(4-7-24(38(46,47)48)14-15-37(43,44)45)22(3)26-12-13-30-31(27-10-6-23(19-42)16-33(27)40(52,53)54)18-32(29-9-5-21(2)35(26)36(29)30)28-11-8-25(39(49,50)51)17-34(28)41(55,56)57/h4-14,16-18,20H,15,19H2,1-3H3/b7-4-,24-14+,26-22+. The molecule has 0 aliphatic heterocycles. The van der Waals surface area contributed by atoms with Gasteiger partial charge in [0.25, 0.3) is 0 Å². The van der Waals surface area contributed by atoms with Crippen molar-refractivity contribution in [3.63, 3.8) is 0 Å². The molecule has 16 heteroatoms. The summed E-state index contributed by atoms with van der Waals surface area (Å²) in [5.41, 5.74) is -8.19. The van der Waals surface area contributed by atoms with Crippen molar-refractivity contribution in [2.75, 3.05) is 0 Å². The van der Waals surface area contributed by atoms with Gasteiger partial charge >= 0.3 is 30.9 Å². The lowest BCUT2D eigenvalue weighted by Crippen LogP contribution is -2.14. The minimum atomic E-state index is -5.40. The number of aryl methyl sites for hydroxylation is 1. The van der Waals surface area contributed by atoms with Gasteiger partial charge in [-0.25, -0.2) is 4.39 Å². The third-order valence-corrected chi connectivity index (χ3v) is 9.57. The number of allylic oxidation sites excluding steroid dienone is 4. The minimum absolute atomic E-state index is 0.0256. The van der Waals surface area contributed by atoms with Crippen LogP contribution in [0.5, 0.6) is 0 Å². The Morgan fingerprint density at radius 1 is 0.614 bits per heavy atom. The van der Waals surface area contributed by atoms with Gasteiger partial charge in [-0.2, -0.15) is 65.9 Å². The van der Waals surface area contributed by atoms with Gasteiger partial charge in [0.05, 0.1) is 28.7 Å². The molecule has 304 valence electrons. The van der Waals surface area contributed by atoms with Gasteiger partial charge in [-0.3, -0.25) is 0 Å². The van der Waals surface area contributed by atoms with Crippen LogP contribution >= 0.6 is 0 Å². The lowest BCUT2D eigenvalue weighted by molar-refractivity contribution is -0.143. The molecule has 0 nitrogen and oxygen atoms in total. The molecule has 0 heterocycles. The van der Waals surface area contributed by atoms with E-state index in [0.717, 1.165) is 24.3 Å². The molecular formula is C41H28F16. The van der Waals surface area contributed by atoms with Crippen molar-refractivity contribution >= 4 is 27.1 Å². The van der Waals surface area contributed by atoms with Gasteiger partial charge in [-0.05, 0) is 104 Å². The lowest BCUT2D eigenvalue weighted by atomic mass is 9.82. The summed E-state index contributed by atoms with van der Waals surface area (Å²) in [4.78, 5) is 0. The molecule has 5 aromatic carbocycles. The van der Waals surface area contributed by atoms with E-state index in [1.165, 1.54) is 45.0 Å².